The molecule has 0 amide bonds. The molecule has 2 saturated carbocycles. The number of carboxylic acids is 1. The monoisotopic (exact) mass is 251 g/mol. The van der Waals surface area contributed by atoms with Crippen molar-refractivity contribution in [2.45, 2.75) is 63.8 Å². The van der Waals surface area contributed by atoms with Gasteiger partial charge in [-0.1, -0.05) is 32.1 Å². The van der Waals surface area contributed by atoms with Crippen LogP contribution in [-0.4, -0.2) is 23.7 Å². The van der Waals surface area contributed by atoms with Crippen LogP contribution >= 0.6 is 0 Å². The second-order valence-corrected chi connectivity index (χ2v) is 6.88. The minimum atomic E-state index is -0.659. The lowest BCUT2D eigenvalue weighted by Gasteiger charge is -2.29. The maximum atomic E-state index is 11.1. The maximum absolute atomic E-state index is 11.1. The first kappa shape index (κ1) is 12.5. The van der Waals surface area contributed by atoms with Crippen LogP contribution in [0, 0.1) is 17.3 Å². The predicted octanol–water partition coefficient (Wildman–Crippen LogP) is 2.80. The summed E-state index contributed by atoms with van der Waals surface area (Å²) in [6.07, 6.45) is 11.9. The van der Waals surface area contributed by atoms with Gasteiger partial charge in [-0.05, 0) is 42.9 Å². The van der Waals surface area contributed by atoms with Crippen molar-refractivity contribution in [2.24, 2.45) is 17.3 Å². The van der Waals surface area contributed by atoms with Gasteiger partial charge in [0.25, 0.3) is 0 Å². The molecule has 1 heterocycles. The lowest BCUT2D eigenvalue weighted by molar-refractivity contribution is -0.139. The van der Waals surface area contributed by atoms with Crippen molar-refractivity contribution in [3.05, 3.63) is 0 Å². The molecule has 3 fully saturated rings. The summed E-state index contributed by atoms with van der Waals surface area (Å²) in [5, 5.41) is 12.3. The smallest absolute Gasteiger partial charge is 0.320 e. The van der Waals surface area contributed by atoms with Crippen molar-refractivity contribution in [2.75, 3.05) is 6.54 Å². The zero-order valence-electron chi connectivity index (χ0n) is 11.2. The predicted molar refractivity (Wildman–Crippen MR) is 70.4 cm³/mol. The van der Waals surface area contributed by atoms with Gasteiger partial charge in [0.05, 0.1) is 0 Å². The molecule has 0 radical (unpaired) electrons. The fourth-order valence-electron chi connectivity index (χ4n) is 4.70. The third-order valence-electron chi connectivity index (χ3n) is 5.72. The summed E-state index contributed by atoms with van der Waals surface area (Å²) >= 11 is 0. The van der Waals surface area contributed by atoms with E-state index >= 15 is 0 Å². The number of hydrogen-bond donors (Lipinski definition) is 2. The first-order valence-corrected chi connectivity index (χ1v) is 7.65. The highest BCUT2D eigenvalue weighted by Gasteiger charge is 2.47. The summed E-state index contributed by atoms with van der Waals surface area (Å²) in [6, 6.07) is -0.282. The van der Waals surface area contributed by atoms with Gasteiger partial charge in [0.2, 0.25) is 0 Å². The molecule has 0 aromatic carbocycles. The summed E-state index contributed by atoms with van der Waals surface area (Å²) in [7, 11) is 0. The summed E-state index contributed by atoms with van der Waals surface area (Å²) in [6.45, 7) is 0.938. The molecule has 0 bridgehead atoms. The lowest BCUT2D eigenvalue weighted by Crippen LogP contribution is -2.30. The Morgan fingerprint density at radius 3 is 2.50 bits per heavy atom. The molecule has 3 aliphatic rings. The third-order valence-corrected chi connectivity index (χ3v) is 5.72. The van der Waals surface area contributed by atoms with Crippen LogP contribution in [0.4, 0.5) is 0 Å². The molecule has 2 aliphatic carbocycles. The quantitative estimate of drug-likeness (QED) is 0.793. The molecule has 102 valence electrons. The molecule has 3 heteroatoms. The fourth-order valence-corrected chi connectivity index (χ4v) is 4.70. The van der Waals surface area contributed by atoms with Crippen molar-refractivity contribution in [3.63, 3.8) is 0 Å². The third kappa shape index (κ3) is 2.29. The molecule has 1 saturated heterocycles. The van der Waals surface area contributed by atoms with Crippen LogP contribution in [-0.2, 0) is 4.79 Å². The second kappa shape index (κ2) is 4.84. The molecular formula is C15H25NO2. The summed E-state index contributed by atoms with van der Waals surface area (Å²) in [5.41, 5.74) is 0.325. The highest BCUT2D eigenvalue weighted by molar-refractivity contribution is 5.74. The molecular weight excluding hydrogens is 226 g/mol. The Kier molecular flexibility index (Phi) is 3.35. The Morgan fingerprint density at radius 2 is 1.83 bits per heavy atom. The Labute approximate surface area is 109 Å². The van der Waals surface area contributed by atoms with Crippen LogP contribution in [0.2, 0.25) is 0 Å². The number of aliphatic carboxylic acids is 1. The topological polar surface area (TPSA) is 49.3 Å². The molecule has 3 nitrogen and oxygen atoms in total. The van der Waals surface area contributed by atoms with E-state index in [4.69, 9.17) is 5.11 Å². The first-order chi connectivity index (χ1) is 8.69. The number of carbonyl (C=O) groups is 1. The van der Waals surface area contributed by atoms with Gasteiger partial charge in [-0.2, -0.15) is 0 Å². The standard InChI is InChI=1S/C15H25NO2/c17-14(18)13-9-15(10-16-13)7-6-12(8-15)11-4-2-1-3-5-11/h11-13,16H,1-10H2,(H,17,18)/t12-,13+,15-/m0/s1. The van der Waals surface area contributed by atoms with E-state index < -0.39 is 5.97 Å². The molecule has 0 unspecified atom stereocenters. The van der Waals surface area contributed by atoms with Crippen molar-refractivity contribution >= 4 is 5.97 Å². The van der Waals surface area contributed by atoms with E-state index in [1.165, 1.54) is 51.4 Å². The average Bonchev–Trinajstić information content (AvgIpc) is 2.99. The van der Waals surface area contributed by atoms with E-state index in [9.17, 15) is 4.79 Å². The van der Waals surface area contributed by atoms with E-state index in [-0.39, 0.29) is 6.04 Å². The van der Waals surface area contributed by atoms with Gasteiger partial charge in [-0.3, -0.25) is 4.79 Å². The van der Waals surface area contributed by atoms with Gasteiger partial charge in [0.15, 0.2) is 0 Å². The van der Waals surface area contributed by atoms with Gasteiger partial charge >= 0.3 is 5.97 Å². The minimum Gasteiger partial charge on any atom is -0.480 e. The molecule has 1 spiro atoms. The van der Waals surface area contributed by atoms with Crippen LogP contribution in [0.5, 0.6) is 0 Å². The van der Waals surface area contributed by atoms with Gasteiger partial charge in [-0.15, -0.1) is 0 Å². The van der Waals surface area contributed by atoms with Gasteiger partial charge in [-0.25, -0.2) is 0 Å². The minimum absolute atomic E-state index is 0.282. The number of rotatable bonds is 2. The van der Waals surface area contributed by atoms with Gasteiger partial charge in [0.1, 0.15) is 6.04 Å². The highest BCUT2D eigenvalue weighted by Crippen LogP contribution is 2.51. The van der Waals surface area contributed by atoms with E-state index in [0.717, 1.165) is 24.8 Å². The Bertz CT molecular complexity index is 324. The van der Waals surface area contributed by atoms with Crippen LogP contribution < -0.4 is 5.32 Å². The SMILES string of the molecule is O=C(O)[C@H]1C[C@@]2(CC[C@H](C3CCCCC3)C2)CN1. The van der Waals surface area contributed by atoms with Crippen LogP contribution in [0.3, 0.4) is 0 Å². The van der Waals surface area contributed by atoms with Crippen molar-refractivity contribution in [1.29, 1.82) is 0 Å². The van der Waals surface area contributed by atoms with Crippen molar-refractivity contribution in [3.8, 4) is 0 Å². The van der Waals surface area contributed by atoms with Gasteiger partial charge in [0, 0.05) is 6.54 Å². The summed E-state index contributed by atoms with van der Waals surface area (Å²) in [4.78, 5) is 11.1. The normalized spacial score (nSPS) is 41.6. The molecule has 3 atom stereocenters. The van der Waals surface area contributed by atoms with Crippen LogP contribution in [0.1, 0.15) is 57.8 Å². The molecule has 18 heavy (non-hydrogen) atoms. The van der Waals surface area contributed by atoms with E-state index in [1.807, 2.05) is 0 Å². The fraction of sp³-hybridized carbons (Fsp3) is 0.933. The lowest BCUT2D eigenvalue weighted by atomic mass is 9.76. The highest BCUT2D eigenvalue weighted by atomic mass is 16.4. The second-order valence-electron chi connectivity index (χ2n) is 6.88. The Hall–Kier alpha value is -0.570. The van der Waals surface area contributed by atoms with E-state index in [1.54, 1.807) is 0 Å². The molecule has 0 aromatic rings. The molecule has 2 N–H and O–H groups in total. The molecule has 1 aliphatic heterocycles. The zero-order valence-corrected chi connectivity index (χ0v) is 11.2. The molecule has 0 aromatic heterocycles. The summed E-state index contributed by atoms with van der Waals surface area (Å²) in [5.74, 6) is 1.18. The number of hydrogen-bond acceptors (Lipinski definition) is 2. The zero-order chi connectivity index (χ0) is 12.6. The van der Waals surface area contributed by atoms with Crippen molar-refractivity contribution in [1.82, 2.24) is 5.32 Å². The van der Waals surface area contributed by atoms with Gasteiger partial charge < -0.3 is 10.4 Å². The first-order valence-electron chi connectivity index (χ1n) is 7.65. The Balaban J connectivity index is 1.59. The molecule has 3 rings (SSSR count). The Morgan fingerprint density at radius 1 is 1.06 bits per heavy atom. The van der Waals surface area contributed by atoms with E-state index in [0.29, 0.717) is 5.41 Å². The summed E-state index contributed by atoms with van der Waals surface area (Å²) < 4.78 is 0. The maximum Gasteiger partial charge on any atom is 0.320 e. The van der Waals surface area contributed by atoms with Crippen LogP contribution in [0.25, 0.3) is 0 Å². The van der Waals surface area contributed by atoms with Crippen LogP contribution in [0.15, 0.2) is 0 Å². The number of nitrogens with one attached hydrogen (secondary N) is 1. The van der Waals surface area contributed by atoms with Crippen molar-refractivity contribution < 1.29 is 9.90 Å². The largest absolute Gasteiger partial charge is 0.480 e. The number of carboxylic acid groups (broad SMARTS) is 1. The average molecular weight is 251 g/mol. The van der Waals surface area contributed by atoms with E-state index in [2.05, 4.69) is 5.32 Å².